The highest BCUT2D eigenvalue weighted by atomic mass is 16.7. The fourth-order valence-corrected chi connectivity index (χ4v) is 1.70. The summed E-state index contributed by atoms with van der Waals surface area (Å²) in [6.45, 7) is 7.83. The van der Waals surface area contributed by atoms with Gasteiger partial charge in [-0.2, -0.15) is 5.06 Å². The average Bonchev–Trinajstić information content (AvgIpc) is 2.61. The second-order valence-corrected chi connectivity index (χ2v) is 5.31. The first-order valence-electron chi connectivity index (χ1n) is 5.72. The lowest BCUT2D eigenvalue weighted by Gasteiger charge is -2.28. The summed E-state index contributed by atoms with van der Waals surface area (Å²) in [4.78, 5) is 17.4. The van der Waals surface area contributed by atoms with Crippen LogP contribution in [0.15, 0.2) is 24.3 Å². The Hall–Kier alpha value is -1.55. The molecule has 1 aromatic rings. The molecule has 2 amide bonds. The van der Waals surface area contributed by atoms with Gasteiger partial charge in [-0.3, -0.25) is 0 Å². The summed E-state index contributed by atoms with van der Waals surface area (Å²) < 4.78 is 0. The van der Waals surface area contributed by atoms with Gasteiger partial charge < -0.3 is 5.32 Å². The van der Waals surface area contributed by atoms with Gasteiger partial charge in [0.1, 0.15) is 0 Å². The van der Waals surface area contributed by atoms with E-state index in [1.165, 1.54) is 10.6 Å². The van der Waals surface area contributed by atoms with Crippen molar-refractivity contribution in [2.75, 3.05) is 0 Å². The maximum atomic E-state index is 11.8. The molecular weight excluding hydrogens is 216 g/mol. The highest BCUT2D eigenvalue weighted by Crippen LogP contribution is 2.27. The van der Waals surface area contributed by atoms with E-state index in [1.807, 2.05) is 52.0 Å². The molecule has 1 aliphatic heterocycles. The molecule has 92 valence electrons. The molecule has 0 radical (unpaired) electrons. The van der Waals surface area contributed by atoms with Gasteiger partial charge in [0.05, 0.1) is 5.54 Å². The number of hydrogen-bond donors (Lipinski definition) is 1. The van der Waals surface area contributed by atoms with Crippen molar-refractivity contribution in [2.45, 2.75) is 39.5 Å². The zero-order chi connectivity index (χ0) is 12.6. The predicted molar refractivity (Wildman–Crippen MR) is 65.1 cm³/mol. The molecule has 0 bridgehead atoms. The van der Waals surface area contributed by atoms with E-state index in [4.69, 9.17) is 4.84 Å². The van der Waals surface area contributed by atoms with Crippen molar-refractivity contribution in [3.8, 4) is 0 Å². The predicted octanol–water partition coefficient (Wildman–Crippen LogP) is 2.75. The number of carbonyl (C=O) groups excluding carboxylic acids is 1. The number of carbonyl (C=O) groups is 1. The van der Waals surface area contributed by atoms with Crippen molar-refractivity contribution >= 4 is 6.03 Å². The summed E-state index contributed by atoms with van der Waals surface area (Å²) >= 11 is 0. The van der Waals surface area contributed by atoms with Crippen LogP contribution >= 0.6 is 0 Å². The van der Waals surface area contributed by atoms with Gasteiger partial charge in [-0.05, 0) is 27.7 Å². The lowest BCUT2D eigenvalue weighted by molar-refractivity contribution is -0.172. The normalized spacial score (nSPS) is 20.6. The topological polar surface area (TPSA) is 41.6 Å². The minimum Gasteiger partial charge on any atom is -0.305 e. The van der Waals surface area contributed by atoms with Gasteiger partial charge in [-0.25, -0.2) is 9.63 Å². The van der Waals surface area contributed by atoms with Gasteiger partial charge in [0.2, 0.25) is 0 Å². The molecule has 1 aromatic carbocycles. The van der Waals surface area contributed by atoms with E-state index in [0.717, 1.165) is 5.56 Å². The number of benzene rings is 1. The van der Waals surface area contributed by atoms with Crippen LogP contribution in [0, 0.1) is 6.92 Å². The smallest absolute Gasteiger partial charge is 0.305 e. The van der Waals surface area contributed by atoms with Crippen molar-refractivity contribution in [3.05, 3.63) is 35.4 Å². The third-order valence-electron chi connectivity index (χ3n) is 2.64. The molecule has 1 atom stereocenters. The largest absolute Gasteiger partial charge is 0.344 e. The summed E-state index contributed by atoms with van der Waals surface area (Å²) in [6.07, 6.45) is -0.387. The van der Waals surface area contributed by atoms with Crippen LogP contribution in [-0.2, 0) is 4.84 Å². The van der Waals surface area contributed by atoms with Crippen molar-refractivity contribution < 1.29 is 9.63 Å². The first-order valence-corrected chi connectivity index (χ1v) is 5.72. The summed E-state index contributed by atoms with van der Waals surface area (Å²) in [5, 5.41) is 4.20. The van der Waals surface area contributed by atoms with Crippen LogP contribution < -0.4 is 5.32 Å². The molecule has 4 heteroatoms. The van der Waals surface area contributed by atoms with Crippen molar-refractivity contribution in [1.29, 1.82) is 0 Å². The maximum absolute atomic E-state index is 11.8. The molecule has 1 N–H and O–H groups in total. The van der Waals surface area contributed by atoms with Crippen LogP contribution in [0.1, 0.15) is 38.1 Å². The molecule has 0 spiro atoms. The molecule has 0 saturated carbocycles. The number of hydroxylamine groups is 2. The third-order valence-corrected chi connectivity index (χ3v) is 2.64. The van der Waals surface area contributed by atoms with E-state index in [-0.39, 0.29) is 17.8 Å². The molecule has 17 heavy (non-hydrogen) atoms. The van der Waals surface area contributed by atoms with Gasteiger partial charge >= 0.3 is 6.03 Å². The molecule has 4 nitrogen and oxygen atoms in total. The molecule has 1 fully saturated rings. The zero-order valence-electron chi connectivity index (χ0n) is 10.7. The van der Waals surface area contributed by atoms with Gasteiger partial charge in [-0.1, -0.05) is 29.8 Å². The van der Waals surface area contributed by atoms with Crippen LogP contribution in [0.3, 0.4) is 0 Å². The lowest BCUT2D eigenvalue weighted by atomic mass is 10.1. The van der Waals surface area contributed by atoms with Gasteiger partial charge in [0.15, 0.2) is 6.23 Å². The minimum atomic E-state index is -0.387. The summed E-state index contributed by atoms with van der Waals surface area (Å²) in [5.41, 5.74) is 1.80. The molecular formula is C13H18N2O2. The Labute approximate surface area is 102 Å². The molecule has 0 aromatic heterocycles. The number of urea groups is 1. The molecule has 1 aliphatic rings. The monoisotopic (exact) mass is 234 g/mol. The quantitative estimate of drug-likeness (QED) is 0.811. The maximum Gasteiger partial charge on any atom is 0.344 e. The summed E-state index contributed by atoms with van der Waals surface area (Å²) in [6, 6.07) is 7.75. The number of nitrogens with zero attached hydrogens (tertiary/aromatic N) is 1. The van der Waals surface area contributed by atoms with Crippen LogP contribution in [0.5, 0.6) is 0 Å². The highest BCUT2D eigenvalue weighted by molar-refractivity contribution is 5.75. The molecule has 0 aliphatic carbocycles. The highest BCUT2D eigenvalue weighted by Gasteiger charge is 2.38. The minimum absolute atomic E-state index is 0.192. The van der Waals surface area contributed by atoms with Crippen molar-refractivity contribution in [2.24, 2.45) is 0 Å². The Bertz CT molecular complexity index is 420. The Balaban J connectivity index is 2.17. The molecule has 1 unspecified atom stereocenters. The van der Waals surface area contributed by atoms with Gasteiger partial charge in [-0.15, -0.1) is 0 Å². The second kappa shape index (κ2) is 4.04. The number of hydrogen-bond acceptors (Lipinski definition) is 2. The lowest BCUT2D eigenvalue weighted by Crippen LogP contribution is -2.42. The zero-order valence-corrected chi connectivity index (χ0v) is 10.7. The Kier molecular flexibility index (Phi) is 2.83. The first kappa shape index (κ1) is 11.9. The summed E-state index contributed by atoms with van der Waals surface area (Å²) in [5.74, 6) is 0. The van der Waals surface area contributed by atoms with E-state index >= 15 is 0 Å². The molecule has 1 heterocycles. The van der Waals surface area contributed by atoms with Crippen molar-refractivity contribution in [3.63, 3.8) is 0 Å². The first-order chi connectivity index (χ1) is 7.88. The Morgan fingerprint density at radius 3 is 2.29 bits per heavy atom. The fourth-order valence-electron chi connectivity index (χ4n) is 1.70. The van der Waals surface area contributed by atoms with Crippen LogP contribution in [-0.4, -0.2) is 16.6 Å². The van der Waals surface area contributed by atoms with E-state index in [1.54, 1.807) is 0 Å². The van der Waals surface area contributed by atoms with E-state index < -0.39 is 0 Å². The number of aryl methyl sites for hydroxylation is 1. The second-order valence-electron chi connectivity index (χ2n) is 5.31. The van der Waals surface area contributed by atoms with Gasteiger partial charge in [0.25, 0.3) is 0 Å². The van der Waals surface area contributed by atoms with E-state index in [9.17, 15) is 4.79 Å². The van der Waals surface area contributed by atoms with Crippen LogP contribution in [0.2, 0.25) is 0 Å². The van der Waals surface area contributed by atoms with Gasteiger partial charge in [0, 0.05) is 5.56 Å². The molecule has 1 saturated heterocycles. The fraction of sp³-hybridized carbons (Fsp3) is 0.462. The third kappa shape index (κ3) is 2.42. The molecule has 2 rings (SSSR count). The standard InChI is InChI=1S/C13H18N2O2/c1-9-5-7-10(8-6-9)11-14-12(16)15(17-11)13(2,3)4/h5-8,11H,1-4H3,(H,14,16). The van der Waals surface area contributed by atoms with E-state index in [0.29, 0.717) is 0 Å². The van der Waals surface area contributed by atoms with E-state index in [2.05, 4.69) is 5.32 Å². The van der Waals surface area contributed by atoms with Crippen LogP contribution in [0.25, 0.3) is 0 Å². The number of nitrogens with one attached hydrogen (secondary N) is 1. The number of rotatable bonds is 1. The summed E-state index contributed by atoms with van der Waals surface area (Å²) in [7, 11) is 0. The SMILES string of the molecule is Cc1ccc(C2NC(=O)N(C(C)(C)C)O2)cc1. The van der Waals surface area contributed by atoms with Crippen LogP contribution in [0.4, 0.5) is 4.79 Å². The Morgan fingerprint density at radius 1 is 1.24 bits per heavy atom. The Morgan fingerprint density at radius 2 is 1.82 bits per heavy atom. The average molecular weight is 234 g/mol. The number of amides is 2. The van der Waals surface area contributed by atoms with Crippen molar-refractivity contribution in [1.82, 2.24) is 10.4 Å².